The van der Waals surface area contributed by atoms with Crippen LogP contribution in [0.2, 0.25) is 0 Å². The zero-order valence-electron chi connectivity index (χ0n) is 13.8. The molecule has 6 heteroatoms. The van der Waals surface area contributed by atoms with Crippen LogP contribution in [0.1, 0.15) is 33.1 Å². The Morgan fingerprint density at radius 1 is 1.29 bits per heavy atom. The molecule has 0 spiro atoms. The van der Waals surface area contributed by atoms with E-state index in [1.54, 1.807) is 23.7 Å². The molecule has 1 unspecified atom stereocenters. The van der Waals surface area contributed by atoms with Crippen molar-refractivity contribution in [1.29, 1.82) is 0 Å². The average molecular weight is 406 g/mol. The zero-order chi connectivity index (χ0) is 16.9. The van der Waals surface area contributed by atoms with Gasteiger partial charge in [-0.15, -0.1) is 0 Å². The fraction of sp³-hybridized carbons (Fsp3) is 0.333. The second-order valence-electron chi connectivity index (χ2n) is 5.59. The minimum absolute atomic E-state index is 0.485. The molecule has 0 radical (unpaired) electrons. The van der Waals surface area contributed by atoms with E-state index in [2.05, 4.69) is 45.1 Å². The number of benzene rings is 1. The van der Waals surface area contributed by atoms with Gasteiger partial charge in [0, 0.05) is 30.6 Å². The van der Waals surface area contributed by atoms with Crippen molar-refractivity contribution in [2.75, 3.05) is 5.32 Å². The van der Waals surface area contributed by atoms with Crippen LogP contribution in [0.5, 0.6) is 11.5 Å². The largest absolute Gasteiger partial charge is 0.456 e. The summed E-state index contributed by atoms with van der Waals surface area (Å²) in [4.78, 5) is 8.73. The van der Waals surface area contributed by atoms with Crippen LogP contribution >= 0.6 is 27.3 Å². The fourth-order valence-electron chi connectivity index (χ4n) is 2.50. The lowest BCUT2D eigenvalue weighted by atomic mass is 10.1. The van der Waals surface area contributed by atoms with Gasteiger partial charge in [-0.05, 0) is 40.9 Å². The number of ether oxygens (including phenoxy) is 1. The molecule has 0 saturated heterocycles. The molecule has 0 amide bonds. The van der Waals surface area contributed by atoms with E-state index in [0.29, 0.717) is 6.04 Å². The van der Waals surface area contributed by atoms with E-state index >= 15 is 0 Å². The maximum atomic E-state index is 5.94. The van der Waals surface area contributed by atoms with Gasteiger partial charge in [0.25, 0.3) is 0 Å². The van der Waals surface area contributed by atoms with Gasteiger partial charge in [-0.2, -0.15) is 0 Å². The van der Waals surface area contributed by atoms with E-state index in [9.17, 15) is 0 Å². The molecule has 3 rings (SSSR count). The summed E-state index contributed by atoms with van der Waals surface area (Å²) in [6, 6.07) is 8.31. The summed E-state index contributed by atoms with van der Waals surface area (Å²) in [5, 5.41) is 4.53. The first-order valence-corrected chi connectivity index (χ1v) is 9.75. The van der Waals surface area contributed by atoms with Crippen molar-refractivity contribution in [2.45, 2.75) is 39.2 Å². The summed E-state index contributed by atoms with van der Waals surface area (Å²) in [5.41, 5.74) is 0.995. The molecule has 4 nitrogen and oxygen atoms in total. The van der Waals surface area contributed by atoms with Gasteiger partial charge in [0.1, 0.15) is 11.5 Å². The highest BCUT2D eigenvalue weighted by molar-refractivity contribution is 9.10. The lowest BCUT2D eigenvalue weighted by Gasteiger charge is -2.14. The normalized spacial score (nSPS) is 12.3. The molecular weight excluding hydrogens is 386 g/mol. The highest BCUT2D eigenvalue weighted by atomic mass is 79.9. The van der Waals surface area contributed by atoms with Gasteiger partial charge in [0.15, 0.2) is 5.13 Å². The summed E-state index contributed by atoms with van der Waals surface area (Å²) in [6.07, 6.45) is 6.88. The predicted molar refractivity (Wildman–Crippen MR) is 104 cm³/mol. The number of aromatic nitrogens is 2. The van der Waals surface area contributed by atoms with Crippen LogP contribution in [0.4, 0.5) is 5.13 Å². The molecule has 24 heavy (non-hydrogen) atoms. The van der Waals surface area contributed by atoms with Crippen LogP contribution in [0.3, 0.4) is 0 Å². The molecule has 0 aliphatic rings. The van der Waals surface area contributed by atoms with Gasteiger partial charge in [-0.3, -0.25) is 4.98 Å². The van der Waals surface area contributed by atoms with Crippen molar-refractivity contribution < 1.29 is 4.74 Å². The Hall–Kier alpha value is -1.66. The number of fused-ring (bicyclic) bond motifs is 1. The van der Waals surface area contributed by atoms with Crippen molar-refractivity contribution in [3.63, 3.8) is 0 Å². The Morgan fingerprint density at radius 2 is 2.17 bits per heavy atom. The molecule has 0 aliphatic carbocycles. The van der Waals surface area contributed by atoms with Crippen molar-refractivity contribution in [1.82, 2.24) is 9.97 Å². The molecule has 1 atom stereocenters. The third kappa shape index (κ3) is 4.05. The summed E-state index contributed by atoms with van der Waals surface area (Å²) in [6.45, 7) is 4.42. The minimum atomic E-state index is 0.485. The Balaban J connectivity index is 1.80. The molecule has 0 bridgehead atoms. The van der Waals surface area contributed by atoms with Crippen LogP contribution < -0.4 is 10.1 Å². The van der Waals surface area contributed by atoms with Gasteiger partial charge < -0.3 is 10.1 Å². The van der Waals surface area contributed by atoms with Crippen LogP contribution in [0, 0.1) is 0 Å². The molecule has 2 heterocycles. The highest BCUT2D eigenvalue weighted by Gasteiger charge is 2.10. The molecule has 0 saturated carbocycles. The quantitative estimate of drug-likeness (QED) is 0.505. The monoisotopic (exact) mass is 405 g/mol. The van der Waals surface area contributed by atoms with Gasteiger partial charge in [-0.1, -0.05) is 31.6 Å². The maximum absolute atomic E-state index is 5.94. The maximum Gasteiger partial charge on any atom is 0.184 e. The fourth-order valence-corrected chi connectivity index (χ4v) is 3.81. The summed E-state index contributed by atoms with van der Waals surface area (Å²) >= 11 is 5.12. The Bertz CT molecular complexity index is 821. The Kier molecular flexibility index (Phi) is 5.68. The first kappa shape index (κ1) is 17.2. The van der Waals surface area contributed by atoms with E-state index < -0.39 is 0 Å². The Morgan fingerprint density at radius 3 is 2.92 bits per heavy atom. The number of halogens is 1. The second kappa shape index (κ2) is 7.94. The molecule has 2 aromatic heterocycles. The molecular formula is C18H20BrN3OS. The molecule has 1 N–H and O–H groups in total. The number of rotatable bonds is 7. The third-order valence-corrected chi connectivity index (χ3v) is 5.33. The van der Waals surface area contributed by atoms with Crippen LogP contribution in [0.25, 0.3) is 10.2 Å². The molecule has 0 fully saturated rings. The van der Waals surface area contributed by atoms with E-state index in [-0.39, 0.29) is 0 Å². The summed E-state index contributed by atoms with van der Waals surface area (Å²) < 4.78 is 7.89. The second-order valence-corrected chi connectivity index (χ2v) is 7.48. The van der Waals surface area contributed by atoms with Gasteiger partial charge >= 0.3 is 0 Å². The smallest absolute Gasteiger partial charge is 0.184 e. The van der Waals surface area contributed by atoms with E-state index in [4.69, 9.17) is 4.74 Å². The number of pyridine rings is 1. The van der Waals surface area contributed by atoms with E-state index in [1.807, 2.05) is 24.3 Å². The van der Waals surface area contributed by atoms with Gasteiger partial charge in [0.05, 0.1) is 14.7 Å². The number of thiazole rings is 1. The SMILES string of the molecule is CCCC(CC)Nc1nc2ccc(Oc3ccncc3Br)cc2s1. The first-order valence-electron chi connectivity index (χ1n) is 8.14. The summed E-state index contributed by atoms with van der Waals surface area (Å²) in [7, 11) is 0. The zero-order valence-corrected chi connectivity index (χ0v) is 16.2. The molecule has 0 aliphatic heterocycles. The topological polar surface area (TPSA) is 47.0 Å². The average Bonchev–Trinajstić information content (AvgIpc) is 2.98. The van der Waals surface area contributed by atoms with Gasteiger partial charge in [-0.25, -0.2) is 4.98 Å². The highest BCUT2D eigenvalue weighted by Crippen LogP contribution is 2.33. The van der Waals surface area contributed by atoms with E-state index in [1.165, 1.54) is 6.42 Å². The number of hydrogen-bond acceptors (Lipinski definition) is 5. The predicted octanol–water partition coefficient (Wildman–Crippen LogP) is 6.24. The van der Waals surface area contributed by atoms with Crippen molar-refractivity contribution >= 4 is 42.6 Å². The molecule has 126 valence electrons. The van der Waals surface area contributed by atoms with Crippen LogP contribution in [0.15, 0.2) is 41.1 Å². The summed E-state index contributed by atoms with van der Waals surface area (Å²) in [5.74, 6) is 1.55. The number of nitrogens with zero attached hydrogens (tertiary/aromatic N) is 2. The number of nitrogens with one attached hydrogen (secondary N) is 1. The van der Waals surface area contributed by atoms with Crippen LogP contribution in [-0.4, -0.2) is 16.0 Å². The Labute approximate surface area is 154 Å². The van der Waals surface area contributed by atoms with Crippen LogP contribution in [-0.2, 0) is 0 Å². The van der Waals surface area contributed by atoms with E-state index in [0.717, 1.165) is 44.2 Å². The van der Waals surface area contributed by atoms with Gasteiger partial charge in [0.2, 0.25) is 0 Å². The number of hydrogen-bond donors (Lipinski definition) is 1. The third-order valence-electron chi connectivity index (χ3n) is 3.78. The molecule has 1 aromatic carbocycles. The van der Waals surface area contributed by atoms with Crippen molar-refractivity contribution in [3.8, 4) is 11.5 Å². The van der Waals surface area contributed by atoms with Crippen molar-refractivity contribution in [2.24, 2.45) is 0 Å². The lowest BCUT2D eigenvalue weighted by molar-refractivity contribution is 0.479. The minimum Gasteiger partial charge on any atom is -0.456 e. The molecule has 3 aromatic rings. The number of anilines is 1. The lowest BCUT2D eigenvalue weighted by Crippen LogP contribution is -2.17. The first-order chi connectivity index (χ1) is 11.7. The standard InChI is InChI=1S/C18H20BrN3OS/c1-3-5-12(4-2)21-18-22-15-7-6-13(10-17(15)24-18)23-16-8-9-20-11-14(16)19/h6-12H,3-5H2,1-2H3,(H,21,22). The van der Waals surface area contributed by atoms with Crippen molar-refractivity contribution in [3.05, 3.63) is 41.1 Å².